The summed E-state index contributed by atoms with van der Waals surface area (Å²) in [6.07, 6.45) is 1.76. The molecule has 0 unspecified atom stereocenters. The molecule has 0 N–H and O–H groups in total. The molecule has 0 fully saturated rings. The van der Waals surface area contributed by atoms with Gasteiger partial charge in [0.15, 0.2) is 11.5 Å². The minimum Gasteiger partial charge on any atom is -0.454 e. The molecule has 5 nitrogen and oxygen atoms in total. The van der Waals surface area contributed by atoms with Crippen molar-refractivity contribution in [2.24, 2.45) is 4.99 Å². The van der Waals surface area contributed by atoms with Gasteiger partial charge in [0.25, 0.3) is 0 Å². The lowest BCUT2D eigenvalue weighted by atomic mass is 10.1. The van der Waals surface area contributed by atoms with E-state index < -0.39 is 0 Å². The molecule has 29 heavy (non-hydrogen) atoms. The van der Waals surface area contributed by atoms with Crippen LogP contribution in [0.5, 0.6) is 11.5 Å². The predicted octanol–water partition coefficient (Wildman–Crippen LogP) is 5.70. The zero-order valence-electron chi connectivity index (χ0n) is 15.1. The van der Waals surface area contributed by atoms with Crippen LogP contribution >= 0.6 is 15.9 Å². The van der Waals surface area contributed by atoms with E-state index in [1.165, 1.54) is 0 Å². The first-order chi connectivity index (χ1) is 14.2. The van der Waals surface area contributed by atoms with Crippen molar-refractivity contribution in [1.82, 2.24) is 0 Å². The van der Waals surface area contributed by atoms with Crippen LogP contribution in [0, 0.1) is 0 Å². The normalized spacial score (nSPS) is 12.7. The van der Waals surface area contributed by atoms with Crippen molar-refractivity contribution in [2.75, 3.05) is 6.79 Å². The number of nitrogens with zero attached hydrogens (tertiary/aromatic N) is 1. The van der Waals surface area contributed by atoms with E-state index in [4.69, 9.17) is 13.9 Å². The Morgan fingerprint density at radius 3 is 2.52 bits per heavy atom. The van der Waals surface area contributed by atoms with Crippen LogP contribution in [-0.4, -0.2) is 13.0 Å². The summed E-state index contributed by atoms with van der Waals surface area (Å²) in [5.74, 6) is 1.42. The smallest absolute Gasteiger partial charge is 0.344 e. The summed E-state index contributed by atoms with van der Waals surface area (Å²) in [5.41, 5.74) is 3.18. The van der Waals surface area contributed by atoms with Crippen molar-refractivity contribution in [1.29, 1.82) is 0 Å². The molecule has 0 saturated heterocycles. The maximum Gasteiger partial charge on any atom is 0.344 e. The van der Waals surface area contributed by atoms with Crippen molar-refractivity contribution in [2.45, 2.75) is 0 Å². The van der Waals surface area contributed by atoms with E-state index in [2.05, 4.69) is 20.9 Å². The largest absolute Gasteiger partial charge is 0.454 e. The molecule has 0 saturated carbocycles. The fraction of sp³-hybridized carbons (Fsp3) is 0.0435. The topological polar surface area (TPSA) is 61.0 Å². The molecular weight excluding hydrogens is 434 g/mol. The van der Waals surface area contributed by atoms with Gasteiger partial charge in [-0.05, 0) is 57.9 Å². The molecule has 0 atom stereocenters. The number of hydrogen-bond acceptors (Lipinski definition) is 5. The zero-order valence-corrected chi connectivity index (χ0v) is 16.7. The Kier molecular flexibility index (Phi) is 4.41. The van der Waals surface area contributed by atoms with Crippen molar-refractivity contribution in [3.05, 3.63) is 87.2 Å². The number of aliphatic imine (C=N–C) groups is 1. The maximum absolute atomic E-state index is 12.3. The van der Waals surface area contributed by atoms with E-state index in [1.54, 1.807) is 12.3 Å². The van der Waals surface area contributed by atoms with Crippen molar-refractivity contribution in [3.8, 4) is 22.6 Å². The summed E-state index contributed by atoms with van der Waals surface area (Å²) in [6, 6.07) is 20.5. The molecule has 1 aromatic heterocycles. The number of benzene rings is 3. The van der Waals surface area contributed by atoms with E-state index in [0.29, 0.717) is 22.6 Å². The molecule has 0 spiro atoms. The van der Waals surface area contributed by atoms with Crippen molar-refractivity contribution in [3.63, 3.8) is 0 Å². The summed E-state index contributed by atoms with van der Waals surface area (Å²) in [6.45, 7) is 0.229. The lowest BCUT2D eigenvalue weighted by molar-refractivity contribution is 0.174. The van der Waals surface area contributed by atoms with Crippen molar-refractivity contribution >= 4 is 38.8 Å². The molecule has 0 aliphatic carbocycles. The van der Waals surface area contributed by atoms with Gasteiger partial charge in [0.05, 0.1) is 11.3 Å². The van der Waals surface area contributed by atoms with Gasteiger partial charge in [-0.15, -0.1) is 0 Å². The van der Waals surface area contributed by atoms with E-state index >= 15 is 0 Å². The fourth-order valence-electron chi connectivity index (χ4n) is 3.17. The molecule has 6 heteroatoms. The van der Waals surface area contributed by atoms with Crippen LogP contribution < -0.4 is 15.1 Å². The molecule has 3 aromatic carbocycles. The molecule has 1 aliphatic heterocycles. The Hall–Kier alpha value is -3.38. The van der Waals surface area contributed by atoms with E-state index in [1.807, 2.05) is 60.7 Å². The van der Waals surface area contributed by atoms with Gasteiger partial charge in [0, 0.05) is 21.6 Å². The van der Waals surface area contributed by atoms with E-state index in [0.717, 1.165) is 26.7 Å². The molecule has 1 aliphatic rings. The van der Waals surface area contributed by atoms with Gasteiger partial charge in [-0.2, -0.15) is 0 Å². The highest BCUT2D eigenvalue weighted by Gasteiger charge is 2.15. The number of ether oxygens (including phenoxy) is 2. The Bertz CT molecular complexity index is 1310. The second-order valence-electron chi connectivity index (χ2n) is 6.52. The third-order valence-corrected chi connectivity index (χ3v) is 5.35. The minimum absolute atomic E-state index is 0.229. The molecule has 4 aromatic rings. The average molecular weight is 448 g/mol. The Morgan fingerprint density at radius 2 is 1.69 bits per heavy atom. The summed E-state index contributed by atoms with van der Waals surface area (Å²) >= 11 is 3.52. The first kappa shape index (κ1) is 17.7. The Balaban J connectivity index is 1.43. The van der Waals surface area contributed by atoms with Gasteiger partial charge in [0.1, 0.15) is 5.58 Å². The maximum atomic E-state index is 12.3. The average Bonchev–Trinajstić information content (AvgIpc) is 3.19. The van der Waals surface area contributed by atoms with Crippen LogP contribution in [0.1, 0.15) is 5.56 Å². The summed E-state index contributed by atoms with van der Waals surface area (Å²) in [5, 5.41) is 0.886. The summed E-state index contributed by atoms with van der Waals surface area (Å²) in [4.78, 5) is 16.9. The van der Waals surface area contributed by atoms with Crippen LogP contribution in [0.4, 0.5) is 5.69 Å². The third kappa shape index (κ3) is 3.43. The monoisotopic (exact) mass is 447 g/mol. The van der Waals surface area contributed by atoms with Gasteiger partial charge >= 0.3 is 5.63 Å². The molecule has 5 rings (SSSR count). The number of rotatable bonds is 3. The zero-order chi connectivity index (χ0) is 19.8. The van der Waals surface area contributed by atoms with Crippen LogP contribution in [-0.2, 0) is 0 Å². The highest BCUT2D eigenvalue weighted by molar-refractivity contribution is 9.10. The predicted molar refractivity (Wildman–Crippen MR) is 115 cm³/mol. The van der Waals surface area contributed by atoms with Crippen LogP contribution in [0.25, 0.3) is 22.1 Å². The lowest BCUT2D eigenvalue weighted by Gasteiger charge is -2.04. The second kappa shape index (κ2) is 7.22. The minimum atomic E-state index is -0.357. The number of fused-ring (bicyclic) bond motifs is 2. The fourth-order valence-corrected chi connectivity index (χ4v) is 3.59. The molecule has 0 amide bonds. The molecule has 142 valence electrons. The Morgan fingerprint density at radius 1 is 0.931 bits per heavy atom. The number of halogens is 1. The summed E-state index contributed by atoms with van der Waals surface area (Å²) < 4.78 is 17.1. The summed E-state index contributed by atoms with van der Waals surface area (Å²) in [7, 11) is 0. The number of para-hydroxylation sites is 1. The SMILES string of the molecule is O=c1oc2ccccc2cc1-c1ccc(N=Cc2cc3c(cc2Br)OCO3)cc1. The van der Waals surface area contributed by atoms with Gasteiger partial charge in [0.2, 0.25) is 6.79 Å². The van der Waals surface area contributed by atoms with E-state index in [9.17, 15) is 4.79 Å². The second-order valence-corrected chi connectivity index (χ2v) is 7.37. The van der Waals surface area contributed by atoms with Crippen LogP contribution in [0.2, 0.25) is 0 Å². The highest BCUT2D eigenvalue weighted by atomic mass is 79.9. The first-order valence-electron chi connectivity index (χ1n) is 8.94. The van der Waals surface area contributed by atoms with Gasteiger partial charge < -0.3 is 13.9 Å². The van der Waals surface area contributed by atoms with Crippen LogP contribution in [0.3, 0.4) is 0 Å². The van der Waals surface area contributed by atoms with Gasteiger partial charge in [-0.1, -0.05) is 30.3 Å². The molecule has 2 heterocycles. The van der Waals surface area contributed by atoms with E-state index in [-0.39, 0.29) is 12.4 Å². The van der Waals surface area contributed by atoms with Gasteiger partial charge in [-0.25, -0.2) is 4.79 Å². The standard InChI is InChI=1S/C23H14BrNO4/c24-19-11-22-21(27-13-28-22)10-16(19)12-25-17-7-5-14(6-8-17)18-9-15-3-1-2-4-20(15)29-23(18)26/h1-12H,13H2. The molecule has 0 bridgehead atoms. The Labute approximate surface area is 174 Å². The molecule has 0 radical (unpaired) electrons. The number of hydrogen-bond donors (Lipinski definition) is 0. The molecular formula is C23H14BrNO4. The lowest BCUT2D eigenvalue weighted by Crippen LogP contribution is -2.02. The van der Waals surface area contributed by atoms with Crippen LogP contribution in [0.15, 0.2) is 85.4 Å². The van der Waals surface area contributed by atoms with Crippen molar-refractivity contribution < 1.29 is 13.9 Å². The first-order valence-corrected chi connectivity index (χ1v) is 9.73. The highest BCUT2D eigenvalue weighted by Crippen LogP contribution is 2.36. The third-order valence-electron chi connectivity index (χ3n) is 4.66. The van der Waals surface area contributed by atoms with Gasteiger partial charge in [-0.3, -0.25) is 4.99 Å². The quantitative estimate of drug-likeness (QED) is 0.298.